The van der Waals surface area contributed by atoms with Crippen molar-refractivity contribution in [3.8, 4) is 0 Å². The first-order valence-corrected chi connectivity index (χ1v) is 5.68. The van der Waals surface area contributed by atoms with Gasteiger partial charge in [-0.2, -0.15) is 0 Å². The molecule has 2 aromatic rings. The molecule has 2 nitrogen and oxygen atoms in total. The topological polar surface area (TPSA) is 29.1 Å². The maximum Gasteiger partial charge on any atom is 0.196 e. The number of hydrogen-bond donors (Lipinski definition) is 1. The van der Waals surface area contributed by atoms with E-state index in [2.05, 4.69) is 5.32 Å². The van der Waals surface area contributed by atoms with E-state index in [0.717, 1.165) is 5.69 Å². The molecular formula is C14H12ClNO. The molecule has 0 atom stereocenters. The molecule has 0 spiro atoms. The van der Waals surface area contributed by atoms with Crippen molar-refractivity contribution in [3.05, 3.63) is 64.7 Å². The third-order valence-corrected chi connectivity index (χ3v) is 2.89. The number of hydrogen-bond acceptors (Lipinski definition) is 2. The third kappa shape index (κ3) is 2.32. The number of anilines is 1. The fraction of sp³-hybridized carbons (Fsp3) is 0.0714. The Balaban J connectivity index is 2.48. The van der Waals surface area contributed by atoms with Gasteiger partial charge < -0.3 is 5.32 Å². The molecule has 1 N–H and O–H groups in total. The van der Waals surface area contributed by atoms with Crippen LogP contribution in [0.2, 0.25) is 5.02 Å². The molecule has 0 fully saturated rings. The predicted molar refractivity (Wildman–Crippen MR) is 70.9 cm³/mol. The molecular weight excluding hydrogens is 234 g/mol. The average molecular weight is 246 g/mol. The van der Waals surface area contributed by atoms with Crippen LogP contribution in [0.4, 0.5) is 5.69 Å². The van der Waals surface area contributed by atoms with E-state index < -0.39 is 0 Å². The summed E-state index contributed by atoms with van der Waals surface area (Å²) in [5.74, 6) is -0.0689. The molecule has 0 unspecified atom stereocenters. The number of ketones is 1. The molecule has 3 heteroatoms. The highest BCUT2D eigenvalue weighted by Crippen LogP contribution is 2.23. The summed E-state index contributed by atoms with van der Waals surface area (Å²) in [4.78, 5) is 12.3. The first-order chi connectivity index (χ1) is 8.24. The van der Waals surface area contributed by atoms with Crippen molar-refractivity contribution >= 4 is 23.1 Å². The van der Waals surface area contributed by atoms with E-state index in [0.29, 0.717) is 16.1 Å². The van der Waals surface area contributed by atoms with Gasteiger partial charge in [0.2, 0.25) is 0 Å². The summed E-state index contributed by atoms with van der Waals surface area (Å²) in [6.07, 6.45) is 0. The fourth-order valence-corrected chi connectivity index (χ4v) is 1.91. The Morgan fingerprint density at radius 2 is 1.59 bits per heavy atom. The molecule has 0 saturated carbocycles. The summed E-state index contributed by atoms with van der Waals surface area (Å²) in [6.45, 7) is 0. The predicted octanol–water partition coefficient (Wildman–Crippen LogP) is 3.61. The van der Waals surface area contributed by atoms with Gasteiger partial charge in [0.1, 0.15) is 0 Å². The SMILES string of the molecule is CNc1ccccc1C(=O)c1ccccc1Cl. The second kappa shape index (κ2) is 5.02. The smallest absolute Gasteiger partial charge is 0.196 e. The number of nitrogens with one attached hydrogen (secondary N) is 1. The lowest BCUT2D eigenvalue weighted by Gasteiger charge is -2.08. The molecule has 0 aliphatic carbocycles. The van der Waals surface area contributed by atoms with E-state index in [1.807, 2.05) is 24.3 Å². The van der Waals surface area contributed by atoms with Gasteiger partial charge in [-0.15, -0.1) is 0 Å². The minimum Gasteiger partial charge on any atom is -0.388 e. The Labute approximate surface area is 105 Å². The monoisotopic (exact) mass is 245 g/mol. The van der Waals surface area contributed by atoms with Gasteiger partial charge in [0.05, 0.1) is 5.02 Å². The first kappa shape index (κ1) is 11.7. The molecule has 0 bridgehead atoms. The van der Waals surface area contributed by atoms with Crippen LogP contribution in [0.3, 0.4) is 0 Å². The Bertz CT molecular complexity index is 551. The van der Waals surface area contributed by atoms with E-state index in [9.17, 15) is 4.79 Å². The number of para-hydroxylation sites is 1. The van der Waals surface area contributed by atoms with Crippen LogP contribution < -0.4 is 5.32 Å². The first-order valence-electron chi connectivity index (χ1n) is 5.30. The normalized spacial score (nSPS) is 10.0. The van der Waals surface area contributed by atoms with Crippen molar-refractivity contribution in [2.75, 3.05) is 12.4 Å². The maximum absolute atomic E-state index is 12.3. The van der Waals surface area contributed by atoms with Crippen molar-refractivity contribution in [2.45, 2.75) is 0 Å². The molecule has 0 aliphatic heterocycles. The molecule has 0 amide bonds. The molecule has 17 heavy (non-hydrogen) atoms. The lowest BCUT2D eigenvalue weighted by atomic mass is 10.0. The van der Waals surface area contributed by atoms with E-state index in [1.54, 1.807) is 31.3 Å². The van der Waals surface area contributed by atoms with Gasteiger partial charge in [-0.3, -0.25) is 4.79 Å². The van der Waals surface area contributed by atoms with E-state index in [-0.39, 0.29) is 5.78 Å². The third-order valence-electron chi connectivity index (χ3n) is 2.56. The number of benzene rings is 2. The molecule has 0 aromatic heterocycles. The van der Waals surface area contributed by atoms with Gasteiger partial charge in [-0.1, -0.05) is 35.9 Å². The number of carbonyl (C=O) groups excluding carboxylic acids is 1. The van der Waals surface area contributed by atoms with Crippen LogP contribution in [0.5, 0.6) is 0 Å². The number of rotatable bonds is 3. The van der Waals surface area contributed by atoms with Crippen molar-refractivity contribution < 1.29 is 4.79 Å². The highest BCUT2D eigenvalue weighted by Gasteiger charge is 2.14. The van der Waals surface area contributed by atoms with Gasteiger partial charge in [0.25, 0.3) is 0 Å². The number of halogens is 1. The summed E-state index contributed by atoms with van der Waals surface area (Å²) in [5, 5.41) is 3.48. The second-order valence-corrected chi connectivity index (χ2v) is 4.01. The minimum absolute atomic E-state index is 0.0689. The summed E-state index contributed by atoms with van der Waals surface area (Å²) < 4.78 is 0. The number of carbonyl (C=O) groups is 1. The van der Waals surface area contributed by atoms with Crippen LogP contribution in [0.15, 0.2) is 48.5 Å². The van der Waals surface area contributed by atoms with Crippen molar-refractivity contribution in [3.63, 3.8) is 0 Å². The van der Waals surface area contributed by atoms with Gasteiger partial charge >= 0.3 is 0 Å². The Morgan fingerprint density at radius 1 is 1.00 bits per heavy atom. The molecule has 86 valence electrons. The summed E-state index contributed by atoms with van der Waals surface area (Å²) in [6, 6.07) is 14.4. The molecule has 2 rings (SSSR count). The fourth-order valence-electron chi connectivity index (χ4n) is 1.69. The van der Waals surface area contributed by atoms with Crippen molar-refractivity contribution in [2.24, 2.45) is 0 Å². The Hall–Kier alpha value is -1.80. The van der Waals surface area contributed by atoms with Gasteiger partial charge in [-0.25, -0.2) is 0 Å². The van der Waals surface area contributed by atoms with E-state index in [4.69, 9.17) is 11.6 Å². The summed E-state index contributed by atoms with van der Waals surface area (Å²) in [5.41, 5.74) is 1.96. The molecule has 0 radical (unpaired) electrons. The van der Waals surface area contributed by atoms with Crippen LogP contribution in [-0.4, -0.2) is 12.8 Å². The lowest BCUT2D eigenvalue weighted by molar-refractivity contribution is 0.103. The Morgan fingerprint density at radius 3 is 2.24 bits per heavy atom. The van der Waals surface area contributed by atoms with Crippen LogP contribution >= 0.6 is 11.6 Å². The largest absolute Gasteiger partial charge is 0.388 e. The van der Waals surface area contributed by atoms with Crippen LogP contribution in [0, 0.1) is 0 Å². The average Bonchev–Trinajstić information content (AvgIpc) is 2.38. The zero-order chi connectivity index (χ0) is 12.3. The lowest BCUT2D eigenvalue weighted by Crippen LogP contribution is -2.05. The Kier molecular flexibility index (Phi) is 3.45. The van der Waals surface area contributed by atoms with Crippen LogP contribution in [-0.2, 0) is 0 Å². The quantitative estimate of drug-likeness (QED) is 0.837. The van der Waals surface area contributed by atoms with Crippen molar-refractivity contribution in [1.82, 2.24) is 0 Å². The maximum atomic E-state index is 12.3. The standard InChI is InChI=1S/C14H12ClNO/c1-16-13-9-5-3-7-11(13)14(17)10-6-2-4-8-12(10)15/h2-9,16H,1H3. The summed E-state index contributed by atoms with van der Waals surface area (Å²) in [7, 11) is 1.79. The molecule has 2 aromatic carbocycles. The van der Waals surface area contributed by atoms with E-state index in [1.165, 1.54) is 0 Å². The minimum atomic E-state index is -0.0689. The van der Waals surface area contributed by atoms with E-state index >= 15 is 0 Å². The zero-order valence-electron chi connectivity index (χ0n) is 9.41. The highest BCUT2D eigenvalue weighted by atomic mass is 35.5. The van der Waals surface area contributed by atoms with Crippen molar-refractivity contribution in [1.29, 1.82) is 0 Å². The van der Waals surface area contributed by atoms with Gasteiger partial charge in [-0.05, 0) is 24.3 Å². The zero-order valence-corrected chi connectivity index (χ0v) is 10.2. The second-order valence-electron chi connectivity index (χ2n) is 3.60. The highest BCUT2D eigenvalue weighted by molar-refractivity contribution is 6.35. The van der Waals surface area contributed by atoms with Crippen LogP contribution in [0.1, 0.15) is 15.9 Å². The molecule has 0 saturated heterocycles. The van der Waals surface area contributed by atoms with Gasteiger partial charge in [0.15, 0.2) is 5.78 Å². The molecule has 0 aliphatic rings. The van der Waals surface area contributed by atoms with Gasteiger partial charge in [0, 0.05) is 23.9 Å². The van der Waals surface area contributed by atoms with Crippen LogP contribution in [0.25, 0.3) is 0 Å². The summed E-state index contributed by atoms with van der Waals surface area (Å²) >= 11 is 6.02. The molecule has 0 heterocycles.